The second kappa shape index (κ2) is 6.11. The highest BCUT2D eigenvalue weighted by Gasteiger charge is 2.22. The van der Waals surface area contributed by atoms with Gasteiger partial charge in [0.15, 0.2) is 5.76 Å². The summed E-state index contributed by atoms with van der Waals surface area (Å²) in [6, 6.07) is 5.58. The van der Waals surface area contributed by atoms with Gasteiger partial charge in [0.05, 0.1) is 22.9 Å². The van der Waals surface area contributed by atoms with Gasteiger partial charge >= 0.3 is 0 Å². The molecule has 4 rings (SSSR count). The summed E-state index contributed by atoms with van der Waals surface area (Å²) in [5.74, 6) is 0.492. The monoisotopic (exact) mass is 325 g/mol. The van der Waals surface area contributed by atoms with Crippen molar-refractivity contribution in [2.24, 2.45) is 0 Å². The second-order valence-electron chi connectivity index (χ2n) is 6.29. The van der Waals surface area contributed by atoms with Crippen LogP contribution in [-0.4, -0.2) is 22.1 Å². The van der Waals surface area contributed by atoms with Crippen LogP contribution < -0.4 is 5.32 Å². The Morgan fingerprint density at radius 1 is 1.29 bits per heavy atom. The number of fused-ring (bicyclic) bond motifs is 1. The zero-order chi connectivity index (χ0) is 16.5. The zero-order valence-corrected chi connectivity index (χ0v) is 13.5. The lowest BCUT2D eigenvalue weighted by Crippen LogP contribution is -2.36. The summed E-state index contributed by atoms with van der Waals surface area (Å²) in [6.45, 7) is 1.82. The number of amides is 1. The summed E-state index contributed by atoms with van der Waals surface area (Å²) in [6.07, 6.45) is 7.23. The molecule has 0 unspecified atom stereocenters. The first-order valence-corrected chi connectivity index (χ1v) is 8.34. The molecular weight excluding hydrogens is 306 g/mol. The predicted octanol–water partition coefficient (Wildman–Crippen LogP) is 3.85. The Hall–Kier alpha value is -2.63. The number of carbonyl (C=O) groups is 1. The van der Waals surface area contributed by atoms with Gasteiger partial charge in [-0.15, -0.1) is 0 Å². The molecule has 6 nitrogen and oxygen atoms in total. The average Bonchev–Trinajstić information content (AvgIpc) is 3.25. The van der Waals surface area contributed by atoms with Crippen molar-refractivity contribution < 1.29 is 13.7 Å². The second-order valence-corrected chi connectivity index (χ2v) is 6.29. The van der Waals surface area contributed by atoms with E-state index in [0.717, 1.165) is 12.8 Å². The summed E-state index contributed by atoms with van der Waals surface area (Å²) in [4.78, 5) is 17.3. The van der Waals surface area contributed by atoms with Crippen LogP contribution in [0, 0.1) is 6.92 Å². The van der Waals surface area contributed by atoms with Crippen LogP contribution in [0.25, 0.3) is 22.6 Å². The smallest absolute Gasteiger partial charge is 0.259 e. The highest BCUT2D eigenvalue weighted by atomic mass is 16.5. The van der Waals surface area contributed by atoms with E-state index in [9.17, 15) is 4.79 Å². The summed E-state index contributed by atoms with van der Waals surface area (Å²) in [5.41, 5.74) is 2.13. The number of hydrogen-bond acceptors (Lipinski definition) is 5. The van der Waals surface area contributed by atoms with E-state index < -0.39 is 0 Å². The third kappa shape index (κ3) is 2.68. The van der Waals surface area contributed by atoms with Crippen molar-refractivity contribution in [3.63, 3.8) is 0 Å². The number of carbonyl (C=O) groups excluding carboxylic acids is 1. The van der Waals surface area contributed by atoms with Gasteiger partial charge in [0.25, 0.3) is 11.6 Å². The van der Waals surface area contributed by atoms with E-state index in [1.165, 1.54) is 19.3 Å². The highest BCUT2D eigenvalue weighted by molar-refractivity contribution is 6.07. The number of hydrogen-bond donors (Lipinski definition) is 1. The molecule has 1 aliphatic rings. The molecule has 1 saturated carbocycles. The summed E-state index contributed by atoms with van der Waals surface area (Å²) >= 11 is 0. The molecule has 6 heteroatoms. The fraction of sp³-hybridized carbons (Fsp3) is 0.389. The first-order valence-electron chi connectivity index (χ1n) is 8.34. The predicted molar refractivity (Wildman–Crippen MR) is 88.6 cm³/mol. The molecule has 1 amide bonds. The van der Waals surface area contributed by atoms with Crippen molar-refractivity contribution in [2.75, 3.05) is 0 Å². The van der Waals surface area contributed by atoms with Gasteiger partial charge in [-0.2, -0.15) is 0 Å². The van der Waals surface area contributed by atoms with Crippen molar-refractivity contribution in [1.29, 1.82) is 0 Å². The molecule has 3 aromatic rings. The molecule has 3 aromatic heterocycles. The highest BCUT2D eigenvalue weighted by Crippen LogP contribution is 2.27. The Morgan fingerprint density at radius 3 is 2.88 bits per heavy atom. The van der Waals surface area contributed by atoms with Gasteiger partial charge < -0.3 is 14.3 Å². The number of aryl methyl sites for hydroxylation is 1. The molecule has 24 heavy (non-hydrogen) atoms. The minimum atomic E-state index is -0.103. The van der Waals surface area contributed by atoms with Crippen LogP contribution in [0.15, 0.2) is 33.4 Å². The van der Waals surface area contributed by atoms with Crippen molar-refractivity contribution >= 4 is 17.0 Å². The van der Waals surface area contributed by atoms with E-state index in [4.69, 9.17) is 8.94 Å². The third-order valence-electron chi connectivity index (χ3n) is 4.58. The molecule has 3 heterocycles. The van der Waals surface area contributed by atoms with Crippen LogP contribution in [-0.2, 0) is 0 Å². The lowest BCUT2D eigenvalue weighted by atomic mass is 9.95. The van der Waals surface area contributed by atoms with Gasteiger partial charge in [-0.1, -0.05) is 24.4 Å². The number of pyridine rings is 1. The van der Waals surface area contributed by atoms with Gasteiger partial charge in [0.1, 0.15) is 5.69 Å². The van der Waals surface area contributed by atoms with Gasteiger partial charge in [0, 0.05) is 6.04 Å². The normalized spacial score (nSPS) is 15.7. The first-order chi connectivity index (χ1) is 11.7. The Balaban J connectivity index is 1.74. The number of aromatic nitrogens is 2. The van der Waals surface area contributed by atoms with E-state index in [0.29, 0.717) is 33.8 Å². The Morgan fingerprint density at radius 2 is 2.12 bits per heavy atom. The number of rotatable bonds is 3. The van der Waals surface area contributed by atoms with Crippen LogP contribution >= 0.6 is 0 Å². The van der Waals surface area contributed by atoms with Crippen LogP contribution in [0.5, 0.6) is 0 Å². The molecule has 0 saturated heterocycles. The van der Waals surface area contributed by atoms with E-state index in [1.54, 1.807) is 24.5 Å². The first kappa shape index (κ1) is 14.9. The quantitative estimate of drug-likeness (QED) is 0.791. The number of furan rings is 1. The van der Waals surface area contributed by atoms with Crippen LogP contribution in [0.4, 0.5) is 0 Å². The lowest BCUT2D eigenvalue weighted by Gasteiger charge is -2.22. The fourth-order valence-electron chi connectivity index (χ4n) is 3.33. The standard InChI is InChI=1S/C18H19N3O3/c1-11-16-13(17(22)19-12-6-3-2-4-7-12)10-14(15-8-5-9-23-15)20-18(16)24-21-11/h5,8-10,12H,2-4,6-7H2,1H3,(H,19,22). The van der Waals surface area contributed by atoms with Gasteiger partial charge in [0.2, 0.25) is 0 Å². The molecule has 0 bridgehead atoms. The molecule has 0 aromatic carbocycles. The SMILES string of the molecule is Cc1noc2nc(-c3ccco3)cc(C(=O)NC3CCCCC3)c12. The topological polar surface area (TPSA) is 81.2 Å². The summed E-state index contributed by atoms with van der Waals surface area (Å²) in [5, 5.41) is 7.78. The Bertz CT molecular complexity index is 861. The maximum Gasteiger partial charge on any atom is 0.259 e. The largest absolute Gasteiger partial charge is 0.463 e. The summed E-state index contributed by atoms with van der Waals surface area (Å²) < 4.78 is 10.7. The van der Waals surface area contributed by atoms with Crippen molar-refractivity contribution in [3.05, 3.63) is 35.7 Å². The van der Waals surface area contributed by atoms with Gasteiger partial charge in [-0.25, -0.2) is 4.98 Å². The Labute approximate surface area is 139 Å². The molecule has 1 fully saturated rings. The molecule has 1 aliphatic carbocycles. The number of nitrogens with one attached hydrogen (secondary N) is 1. The van der Waals surface area contributed by atoms with Crippen molar-refractivity contribution in [3.8, 4) is 11.5 Å². The van der Waals surface area contributed by atoms with Gasteiger partial charge in [-0.05, 0) is 38.0 Å². The maximum absolute atomic E-state index is 12.9. The molecule has 0 atom stereocenters. The van der Waals surface area contributed by atoms with Crippen LogP contribution in [0.3, 0.4) is 0 Å². The molecule has 0 spiro atoms. The molecule has 1 N–H and O–H groups in total. The molecule has 0 aliphatic heterocycles. The van der Waals surface area contributed by atoms with Crippen LogP contribution in [0.1, 0.15) is 48.2 Å². The van der Waals surface area contributed by atoms with Crippen molar-refractivity contribution in [2.45, 2.75) is 45.1 Å². The van der Waals surface area contributed by atoms with Gasteiger partial charge in [-0.3, -0.25) is 4.79 Å². The van der Waals surface area contributed by atoms with E-state index >= 15 is 0 Å². The van der Waals surface area contributed by atoms with E-state index in [2.05, 4.69) is 15.5 Å². The lowest BCUT2D eigenvalue weighted by molar-refractivity contribution is 0.0929. The van der Waals surface area contributed by atoms with E-state index in [-0.39, 0.29) is 11.9 Å². The molecular formula is C18H19N3O3. The third-order valence-corrected chi connectivity index (χ3v) is 4.58. The van der Waals surface area contributed by atoms with Crippen molar-refractivity contribution in [1.82, 2.24) is 15.5 Å². The van der Waals surface area contributed by atoms with Crippen LogP contribution in [0.2, 0.25) is 0 Å². The van der Waals surface area contributed by atoms with E-state index in [1.807, 2.05) is 6.92 Å². The minimum Gasteiger partial charge on any atom is -0.463 e. The molecule has 0 radical (unpaired) electrons. The fourth-order valence-corrected chi connectivity index (χ4v) is 3.33. The average molecular weight is 325 g/mol. The maximum atomic E-state index is 12.9. The molecule has 124 valence electrons. The Kier molecular flexibility index (Phi) is 3.80. The summed E-state index contributed by atoms with van der Waals surface area (Å²) in [7, 11) is 0. The number of nitrogens with zero attached hydrogens (tertiary/aromatic N) is 2. The zero-order valence-electron chi connectivity index (χ0n) is 13.5. The minimum absolute atomic E-state index is 0.103.